The Hall–Kier alpha value is -1.35. The topological polar surface area (TPSA) is 32.3 Å². The lowest BCUT2D eigenvalue weighted by Crippen LogP contribution is -2.47. The van der Waals surface area contributed by atoms with E-state index >= 15 is 0 Å². The van der Waals surface area contributed by atoms with Crippen LogP contribution in [-0.4, -0.2) is 31.4 Å². The van der Waals surface area contributed by atoms with Gasteiger partial charge in [-0.25, -0.2) is 0 Å². The van der Waals surface area contributed by atoms with Gasteiger partial charge in [0.25, 0.3) is 0 Å². The van der Waals surface area contributed by atoms with Crippen molar-refractivity contribution in [3.63, 3.8) is 0 Å². The first-order valence-electron chi connectivity index (χ1n) is 7.49. The Morgan fingerprint density at radius 3 is 2.30 bits per heavy atom. The molecule has 0 aliphatic carbocycles. The first-order chi connectivity index (χ1) is 9.50. The first-order valence-corrected chi connectivity index (χ1v) is 7.49. The third kappa shape index (κ3) is 3.60. The normalized spacial score (nSPS) is 14.1. The molecule has 0 aliphatic rings. The highest BCUT2D eigenvalue weighted by Gasteiger charge is 2.34. The number of likely N-dealkylation sites (N-methyl/N-ethyl adjacent to an activating group) is 2. The summed E-state index contributed by atoms with van der Waals surface area (Å²) in [7, 11) is 3.74. The lowest BCUT2D eigenvalue weighted by atomic mass is 9.81. The van der Waals surface area contributed by atoms with Crippen LogP contribution in [0.25, 0.3) is 0 Å². The van der Waals surface area contributed by atoms with Gasteiger partial charge in [0.2, 0.25) is 5.91 Å². The monoisotopic (exact) mass is 276 g/mol. The van der Waals surface area contributed by atoms with Crippen molar-refractivity contribution in [2.75, 3.05) is 20.6 Å². The molecule has 0 saturated heterocycles. The minimum atomic E-state index is -0.0606. The zero-order valence-corrected chi connectivity index (χ0v) is 13.5. The van der Waals surface area contributed by atoms with Crippen LogP contribution >= 0.6 is 0 Å². The van der Waals surface area contributed by atoms with Gasteiger partial charge in [-0.3, -0.25) is 9.69 Å². The van der Waals surface area contributed by atoms with E-state index in [0.29, 0.717) is 6.54 Å². The SMILES string of the molecule is CCCC(CC)(c1ccc(C)cc1)N(C)CC(=O)NC. The molecule has 1 aromatic rings. The van der Waals surface area contributed by atoms with Gasteiger partial charge in [0, 0.05) is 12.6 Å². The van der Waals surface area contributed by atoms with Gasteiger partial charge in [-0.15, -0.1) is 0 Å². The number of benzene rings is 1. The number of hydrogen-bond acceptors (Lipinski definition) is 2. The van der Waals surface area contributed by atoms with Crippen molar-refractivity contribution >= 4 is 5.91 Å². The molecule has 1 atom stereocenters. The number of rotatable bonds is 7. The maximum atomic E-state index is 11.7. The number of nitrogens with zero attached hydrogens (tertiary/aromatic N) is 1. The molecule has 0 spiro atoms. The highest BCUT2D eigenvalue weighted by molar-refractivity contribution is 5.77. The van der Waals surface area contributed by atoms with Gasteiger partial charge >= 0.3 is 0 Å². The van der Waals surface area contributed by atoms with Gasteiger partial charge in [0.05, 0.1) is 6.54 Å². The molecule has 0 heterocycles. The minimum absolute atomic E-state index is 0.0606. The van der Waals surface area contributed by atoms with Crippen molar-refractivity contribution < 1.29 is 4.79 Å². The summed E-state index contributed by atoms with van der Waals surface area (Å²) < 4.78 is 0. The van der Waals surface area contributed by atoms with Crippen LogP contribution < -0.4 is 5.32 Å². The third-order valence-corrected chi connectivity index (χ3v) is 4.23. The molecule has 1 rings (SSSR count). The molecule has 0 aliphatic heterocycles. The standard InChI is InChI=1S/C17H28N2O/c1-6-12-17(7-2,19(5)13-16(20)18-4)15-10-8-14(3)9-11-15/h8-11H,6-7,12-13H2,1-5H3,(H,18,20). The van der Waals surface area contributed by atoms with Gasteiger partial charge in [-0.2, -0.15) is 0 Å². The predicted octanol–water partition coefficient (Wildman–Crippen LogP) is 3.08. The Morgan fingerprint density at radius 1 is 1.25 bits per heavy atom. The zero-order valence-electron chi connectivity index (χ0n) is 13.5. The average Bonchev–Trinajstić information content (AvgIpc) is 2.45. The lowest BCUT2D eigenvalue weighted by molar-refractivity contribution is -0.123. The van der Waals surface area contributed by atoms with Crippen LogP contribution in [0.2, 0.25) is 0 Å². The largest absolute Gasteiger partial charge is 0.358 e. The van der Waals surface area contributed by atoms with Crippen LogP contribution in [0.5, 0.6) is 0 Å². The smallest absolute Gasteiger partial charge is 0.233 e. The van der Waals surface area contributed by atoms with Gasteiger partial charge in [-0.05, 0) is 32.4 Å². The fraction of sp³-hybridized carbons (Fsp3) is 0.588. The quantitative estimate of drug-likeness (QED) is 0.830. The van der Waals surface area contributed by atoms with Gasteiger partial charge < -0.3 is 5.32 Å². The van der Waals surface area contributed by atoms with Crippen molar-refractivity contribution in [2.45, 2.75) is 45.6 Å². The van der Waals surface area contributed by atoms with E-state index in [0.717, 1.165) is 19.3 Å². The Labute approximate surface area is 123 Å². The molecular weight excluding hydrogens is 248 g/mol. The lowest BCUT2D eigenvalue weighted by Gasteiger charge is -2.42. The highest BCUT2D eigenvalue weighted by Crippen LogP contribution is 2.35. The molecule has 1 N–H and O–H groups in total. The van der Waals surface area contributed by atoms with E-state index in [1.54, 1.807) is 7.05 Å². The number of aryl methyl sites for hydroxylation is 1. The van der Waals surface area contributed by atoms with Crippen molar-refractivity contribution in [3.8, 4) is 0 Å². The van der Waals surface area contributed by atoms with Gasteiger partial charge in [0.1, 0.15) is 0 Å². The molecule has 1 aromatic carbocycles. The molecule has 0 fully saturated rings. The van der Waals surface area contributed by atoms with Crippen molar-refractivity contribution in [1.82, 2.24) is 10.2 Å². The second kappa shape index (κ2) is 7.44. The van der Waals surface area contributed by atoms with E-state index < -0.39 is 0 Å². The Kier molecular flexibility index (Phi) is 6.21. The number of hydrogen-bond donors (Lipinski definition) is 1. The van der Waals surface area contributed by atoms with E-state index in [1.165, 1.54) is 11.1 Å². The summed E-state index contributed by atoms with van der Waals surface area (Å²) in [5.41, 5.74) is 2.51. The Balaban J connectivity index is 3.13. The van der Waals surface area contributed by atoms with Crippen LogP contribution in [0.1, 0.15) is 44.2 Å². The summed E-state index contributed by atoms with van der Waals surface area (Å²) in [6.07, 6.45) is 3.15. The van der Waals surface area contributed by atoms with E-state index in [4.69, 9.17) is 0 Å². The fourth-order valence-electron chi connectivity index (χ4n) is 2.93. The highest BCUT2D eigenvalue weighted by atomic mass is 16.1. The van der Waals surface area contributed by atoms with E-state index in [-0.39, 0.29) is 11.4 Å². The summed E-state index contributed by atoms with van der Waals surface area (Å²) in [5, 5.41) is 2.71. The number of nitrogens with one attached hydrogen (secondary N) is 1. The fourth-order valence-corrected chi connectivity index (χ4v) is 2.93. The Bertz CT molecular complexity index is 427. The molecule has 20 heavy (non-hydrogen) atoms. The molecule has 3 heteroatoms. The zero-order chi connectivity index (χ0) is 15.2. The molecule has 0 aromatic heterocycles. The summed E-state index contributed by atoms with van der Waals surface area (Å²) >= 11 is 0. The third-order valence-electron chi connectivity index (χ3n) is 4.23. The molecule has 1 amide bonds. The van der Waals surface area contributed by atoms with Crippen LogP contribution in [0.15, 0.2) is 24.3 Å². The molecule has 0 radical (unpaired) electrons. The summed E-state index contributed by atoms with van der Waals surface area (Å²) in [6, 6.07) is 8.72. The minimum Gasteiger partial charge on any atom is -0.358 e. The van der Waals surface area contributed by atoms with E-state index in [1.807, 2.05) is 7.05 Å². The van der Waals surface area contributed by atoms with E-state index in [2.05, 4.69) is 55.3 Å². The summed E-state index contributed by atoms with van der Waals surface area (Å²) in [4.78, 5) is 13.9. The second-order valence-electron chi connectivity index (χ2n) is 5.53. The van der Waals surface area contributed by atoms with Crippen LogP contribution in [-0.2, 0) is 10.3 Å². The maximum absolute atomic E-state index is 11.7. The number of amides is 1. The molecule has 1 unspecified atom stereocenters. The van der Waals surface area contributed by atoms with Gasteiger partial charge in [-0.1, -0.05) is 50.1 Å². The molecule has 3 nitrogen and oxygen atoms in total. The molecule has 0 saturated carbocycles. The molecule has 0 bridgehead atoms. The summed E-state index contributed by atoms with van der Waals surface area (Å²) in [5.74, 6) is 0.0635. The van der Waals surface area contributed by atoms with E-state index in [9.17, 15) is 4.79 Å². The van der Waals surface area contributed by atoms with Crippen molar-refractivity contribution in [2.24, 2.45) is 0 Å². The van der Waals surface area contributed by atoms with Crippen molar-refractivity contribution in [3.05, 3.63) is 35.4 Å². The maximum Gasteiger partial charge on any atom is 0.233 e. The predicted molar refractivity (Wildman–Crippen MR) is 84.8 cm³/mol. The molecular formula is C17H28N2O. The molecule has 112 valence electrons. The number of carbonyl (C=O) groups excluding carboxylic acids is 1. The average molecular weight is 276 g/mol. The number of carbonyl (C=O) groups is 1. The van der Waals surface area contributed by atoms with Crippen molar-refractivity contribution in [1.29, 1.82) is 0 Å². The van der Waals surface area contributed by atoms with Crippen LogP contribution in [0.3, 0.4) is 0 Å². The summed E-state index contributed by atoms with van der Waals surface area (Å²) in [6.45, 7) is 6.94. The Morgan fingerprint density at radius 2 is 1.85 bits per heavy atom. The van der Waals surface area contributed by atoms with Gasteiger partial charge in [0.15, 0.2) is 0 Å². The van der Waals surface area contributed by atoms with Crippen LogP contribution in [0, 0.1) is 6.92 Å². The first kappa shape index (κ1) is 16.7. The second-order valence-corrected chi connectivity index (χ2v) is 5.53. The van der Waals surface area contributed by atoms with Crippen LogP contribution in [0.4, 0.5) is 0 Å².